The molecule has 4 nitrogen and oxygen atoms in total. The summed E-state index contributed by atoms with van der Waals surface area (Å²) in [6.07, 6.45) is 4.98. The number of hydrogen-bond acceptors (Lipinski definition) is 3. The van der Waals surface area contributed by atoms with Gasteiger partial charge in [0.1, 0.15) is 0 Å². The van der Waals surface area contributed by atoms with Crippen LogP contribution in [-0.2, 0) is 9.53 Å². The third kappa shape index (κ3) is 3.42. The number of rotatable bonds is 3. The van der Waals surface area contributed by atoms with Gasteiger partial charge in [-0.15, -0.1) is 0 Å². The van der Waals surface area contributed by atoms with Gasteiger partial charge in [0.25, 0.3) is 0 Å². The lowest BCUT2D eigenvalue weighted by Crippen LogP contribution is -2.49. The molecule has 1 amide bonds. The third-order valence-corrected chi connectivity index (χ3v) is 3.92. The summed E-state index contributed by atoms with van der Waals surface area (Å²) >= 11 is 0. The van der Waals surface area contributed by atoms with E-state index in [1.807, 2.05) is 4.90 Å². The molecule has 0 radical (unpaired) electrons. The van der Waals surface area contributed by atoms with Crippen LogP contribution < -0.4 is 0 Å². The summed E-state index contributed by atoms with van der Waals surface area (Å²) < 4.78 is 5.27. The molecule has 0 aromatic heterocycles. The average molecular weight is 240 g/mol. The van der Waals surface area contributed by atoms with Crippen molar-refractivity contribution in [3.63, 3.8) is 0 Å². The maximum atomic E-state index is 12.2. The Morgan fingerprint density at radius 2 is 2.00 bits per heavy atom. The van der Waals surface area contributed by atoms with Gasteiger partial charge in [-0.3, -0.25) is 9.69 Å². The highest BCUT2D eigenvalue weighted by Crippen LogP contribution is 2.19. The van der Waals surface area contributed by atoms with Crippen molar-refractivity contribution in [2.45, 2.75) is 38.6 Å². The molecular formula is C13H24N2O2. The zero-order valence-corrected chi connectivity index (χ0v) is 10.9. The Balaban J connectivity index is 1.83. The second-order valence-corrected chi connectivity index (χ2v) is 5.02. The molecule has 0 saturated carbocycles. The number of carbonyl (C=O) groups is 1. The van der Waals surface area contributed by atoms with Crippen LogP contribution >= 0.6 is 0 Å². The molecule has 2 aliphatic heterocycles. The summed E-state index contributed by atoms with van der Waals surface area (Å²) in [5.41, 5.74) is 0. The molecule has 1 unspecified atom stereocenters. The van der Waals surface area contributed by atoms with Crippen LogP contribution in [0.1, 0.15) is 32.6 Å². The van der Waals surface area contributed by atoms with Gasteiger partial charge < -0.3 is 9.64 Å². The molecule has 98 valence electrons. The van der Waals surface area contributed by atoms with Gasteiger partial charge in [-0.1, -0.05) is 13.3 Å². The van der Waals surface area contributed by atoms with Crippen molar-refractivity contribution in [2.24, 2.45) is 0 Å². The highest BCUT2D eigenvalue weighted by molar-refractivity contribution is 5.78. The van der Waals surface area contributed by atoms with E-state index in [2.05, 4.69) is 11.8 Å². The van der Waals surface area contributed by atoms with Crippen molar-refractivity contribution in [1.82, 2.24) is 9.80 Å². The quantitative estimate of drug-likeness (QED) is 0.741. The van der Waals surface area contributed by atoms with E-state index in [1.165, 1.54) is 19.3 Å². The molecule has 2 fully saturated rings. The maximum absolute atomic E-state index is 12.2. The van der Waals surface area contributed by atoms with Gasteiger partial charge in [0.15, 0.2) is 0 Å². The van der Waals surface area contributed by atoms with Crippen molar-refractivity contribution < 1.29 is 9.53 Å². The molecular weight excluding hydrogens is 216 g/mol. The van der Waals surface area contributed by atoms with Crippen LogP contribution in [0, 0.1) is 0 Å². The first-order valence-corrected chi connectivity index (χ1v) is 6.91. The van der Waals surface area contributed by atoms with Crippen molar-refractivity contribution >= 4 is 5.91 Å². The molecule has 1 atom stereocenters. The van der Waals surface area contributed by atoms with E-state index in [1.54, 1.807) is 0 Å². The molecule has 0 aromatic rings. The highest BCUT2D eigenvalue weighted by atomic mass is 16.5. The summed E-state index contributed by atoms with van der Waals surface area (Å²) in [5, 5.41) is 0. The van der Waals surface area contributed by atoms with Crippen LogP contribution in [0.15, 0.2) is 0 Å². The Labute approximate surface area is 104 Å². The van der Waals surface area contributed by atoms with E-state index in [-0.39, 0.29) is 5.91 Å². The Hall–Kier alpha value is -0.610. The first kappa shape index (κ1) is 12.8. The van der Waals surface area contributed by atoms with Gasteiger partial charge in [-0.05, 0) is 25.8 Å². The zero-order valence-electron chi connectivity index (χ0n) is 10.9. The van der Waals surface area contributed by atoms with E-state index < -0.39 is 0 Å². The van der Waals surface area contributed by atoms with Crippen LogP contribution in [0.4, 0.5) is 0 Å². The van der Waals surface area contributed by atoms with Crippen molar-refractivity contribution in [2.75, 3.05) is 39.4 Å². The van der Waals surface area contributed by atoms with E-state index >= 15 is 0 Å². The number of likely N-dealkylation sites (tertiary alicyclic amines) is 1. The van der Waals surface area contributed by atoms with Gasteiger partial charge in [-0.2, -0.15) is 0 Å². The predicted molar refractivity (Wildman–Crippen MR) is 66.9 cm³/mol. The fourth-order valence-electron chi connectivity index (χ4n) is 2.82. The largest absolute Gasteiger partial charge is 0.378 e. The van der Waals surface area contributed by atoms with Crippen molar-refractivity contribution in [3.05, 3.63) is 0 Å². The van der Waals surface area contributed by atoms with Gasteiger partial charge >= 0.3 is 0 Å². The smallest absolute Gasteiger partial charge is 0.236 e. The number of nitrogens with zero attached hydrogens (tertiary/aromatic N) is 2. The first-order chi connectivity index (χ1) is 8.31. The van der Waals surface area contributed by atoms with Crippen LogP contribution in [0.2, 0.25) is 0 Å². The molecule has 2 rings (SSSR count). The van der Waals surface area contributed by atoms with Crippen molar-refractivity contribution in [3.8, 4) is 0 Å². The number of amides is 1. The molecule has 0 spiro atoms. The SMILES string of the molecule is CCC1CCCCN1CC(=O)N1CCOCC1. The fourth-order valence-corrected chi connectivity index (χ4v) is 2.82. The number of hydrogen-bond donors (Lipinski definition) is 0. The summed E-state index contributed by atoms with van der Waals surface area (Å²) in [6, 6.07) is 0.619. The van der Waals surface area contributed by atoms with Crippen molar-refractivity contribution in [1.29, 1.82) is 0 Å². The minimum Gasteiger partial charge on any atom is -0.378 e. The Morgan fingerprint density at radius 3 is 2.71 bits per heavy atom. The van der Waals surface area contributed by atoms with E-state index in [9.17, 15) is 4.79 Å². The molecule has 0 bridgehead atoms. The average Bonchev–Trinajstić information content (AvgIpc) is 2.40. The first-order valence-electron chi connectivity index (χ1n) is 6.91. The molecule has 0 aliphatic carbocycles. The topological polar surface area (TPSA) is 32.8 Å². The minimum atomic E-state index is 0.286. The van der Waals surface area contributed by atoms with E-state index in [4.69, 9.17) is 4.74 Å². The van der Waals surface area contributed by atoms with E-state index in [0.29, 0.717) is 25.8 Å². The number of ether oxygens (including phenoxy) is 1. The maximum Gasteiger partial charge on any atom is 0.236 e. The standard InChI is InChI=1S/C13H24N2O2/c1-2-12-5-3-4-6-15(12)11-13(16)14-7-9-17-10-8-14/h12H,2-11H2,1H3. The third-order valence-electron chi connectivity index (χ3n) is 3.92. The van der Waals surface area contributed by atoms with Gasteiger partial charge in [-0.25, -0.2) is 0 Å². The lowest BCUT2D eigenvalue weighted by Gasteiger charge is -2.36. The monoisotopic (exact) mass is 240 g/mol. The lowest BCUT2D eigenvalue weighted by molar-refractivity contribution is -0.137. The van der Waals surface area contributed by atoms with Crippen LogP contribution in [-0.4, -0.2) is 61.1 Å². The number of piperidine rings is 1. The Bertz CT molecular complexity index is 252. The summed E-state index contributed by atoms with van der Waals surface area (Å²) in [7, 11) is 0. The molecule has 2 saturated heterocycles. The second-order valence-electron chi connectivity index (χ2n) is 5.02. The van der Waals surface area contributed by atoms with Gasteiger partial charge in [0.2, 0.25) is 5.91 Å². The molecule has 0 N–H and O–H groups in total. The normalized spacial score (nSPS) is 27.1. The molecule has 2 aliphatic rings. The minimum absolute atomic E-state index is 0.286. The van der Waals surface area contributed by atoms with Crippen LogP contribution in [0.25, 0.3) is 0 Å². The zero-order chi connectivity index (χ0) is 12.1. The van der Waals surface area contributed by atoms with Crippen LogP contribution in [0.5, 0.6) is 0 Å². The Morgan fingerprint density at radius 1 is 1.24 bits per heavy atom. The predicted octanol–water partition coefficient (Wildman–Crippen LogP) is 1.11. The molecule has 17 heavy (non-hydrogen) atoms. The van der Waals surface area contributed by atoms with Gasteiger partial charge in [0, 0.05) is 19.1 Å². The van der Waals surface area contributed by atoms with E-state index in [0.717, 1.165) is 26.1 Å². The number of morpholine rings is 1. The van der Waals surface area contributed by atoms with Gasteiger partial charge in [0.05, 0.1) is 19.8 Å². The van der Waals surface area contributed by atoms with Crippen LogP contribution in [0.3, 0.4) is 0 Å². The molecule has 4 heteroatoms. The number of carbonyl (C=O) groups excluding carboxylic acids is 1. The second kappa shape index (κ2) is 6.36. The summed E-state index contributed by atoms with van der Waals surface area (Å²) in [5.74, 6) is 0.286. The fraction of sp³-hybridized carbons (Fsp3) is 0.923. The Kier molecular flexibility index (Phi) is 4.80. The lowest BCUT2D eigenvalue weighted by atomic mass is 10.00. The molecule has 0 aromatic carbocycles. The molecule has 2 heterocycles. The highest BCUT2D eigenvalue weighted by Gasteiger charge is 2.25. The summed E-state index contributed by atoms with van der Waals surface area (Å²) in [4.78, 5) is 16.5. The summed E-state index contributed by atoms with van der Waals surface area (Å²) in [6.45, 7) is 6.86.